The quantitative estimate of drug-likeness (QED) is 0.807. The van der Waals surface area contributed by atoms with Crippen molar-refractivity contribution in [1.82, 2.24) is 0 Å². The van der Waals surface area contributed by atoms with Crippen molar-refractivity contribution in [2.75, 3.05) is 6.61 Å². The van der Waals surface area contributed by atoms with E-state index >= 15 is 0 Å². The average Bonchev–Trinajstić information content (AvgIpc) is 2.47. The van der Waals surface area contributed by atoms with E-state index in [2.05, 4.69) is 15.9 Å². The van der Waals surface area contributed by atoms with Gasteiger partial charge in [0, 0.05) is 15.6 Å². The molecule has 116 valence electrons. The summed E-state index contributed by atoms with van der Waals surface area (Å²) in [6, 6.07) is 8.66. The molecule has 2 aromatic rings. The Bertz CT molecular complexity index is 684. The normalized spacial score (nSPS) is 11.3. The molecule has 2 rings (SSSR count). The Morgan fingerprint density at radius 1 is 1.23 bits per heavy atom. The highest BCUT2D eigenvalue weighted by molar-refractivity contribution is 9.10. The number of carbonyl (C=O) groups is 1. The molecule has 0 heterocycles. The molecular formula is C16H13BrF2O3. The van der Waals surface area contributed by atoms with Crippen LogP contribution in [-0.2, 0) is 10.7 Å². The molecule has 0 atom stereocenters. The van der Waals surface area contributed by atoms with Crippen molar-refractivity contribution in [3.63, 3.8) is 0 Å². The van der Waals surface area contributed by atoms with Crippen LogP contribution in [0.4, 0.5) is 8.78 Å². The summed E-state index contributed by atoms with van der Waals surface area (Å²) in [5.41, 5.74) is -1.15. The third-order valence-electron chi connectivity index (χ3n) is 3.04. The van der Waals surface area contributed by atoms with Crippen LogP contribution in [0.1, 0.15) is 28.4 Å². The van der Waals surface area contributed by atoms with E-state index in [1.54, 1.807) is 6.92 Å². The summed E-state index contributed by atoms with van der Waals surface area (Å²) < 4.78 is 34.9. The number of phenols is 1. The summed E-state index contributed by atoms with van der Waals surface area (Å²) in [7, 11) is 0. The van der Waals surface area contributed by atoms with Gasteiger partial charge in [-0.05, 0) is 37.3 Å². The lowest BCUT2D eigenvalue weighted by Crippen LogP contribution is -2.20. The molecule has 0 bridgehead atoms. The van der Waals surface area contributed by atoms with Crippen LogP contribution in [0, 0.1) is 0 Å². The van der Waals surface area contributed by atoms with Gasteiger partial charge in [-0.3, -0.25) is 0 Å². The zero-order chi connectivity index (χ0) is 16.3. The molecular weight excluding hydrogens is 358 g/mol. The molecule has 3 nitrogen and oxygen atoms in total. The van der Waals surface area contributed by atoms with Crippen molar-refractivity contribution in [3.05, 3.63) is 63.6 Å². The highest BCUT2D eigenvalue weighted by atomic mass is 79.9. The fourth-order valence-electron chi connectivity index (χ4n) is 1.99. The van der Waals surface area contributed by atoms with Crippen molar-refractivity contribution in [2.45, 2.75) is 12.8 Å². The summed E-state index contributed by atoms with van der Waals surface area (Å²) in [6.07, 6.45) is 0. The number of carbonyl (C=O) groups excluding carboxylic acids is 1. The summed E-state index contributed by atoms with van der Waals surface area (Å²) in [5, 5.41) is 9.51. The molecule has 1 N–H and O–H groups in total. The van der Waals surface area contributed by atoms with Gasteiger partial charge in [0.1, 0.15) is 5.75 Å². The van der Waals surface area contributed by atoms with Crippen LogP contribution in [0.5, 0.6) is 5.75 Å². The van der Waals surface area contributed by atoms with E-state index in [1.165, 1.54) is 30.3 Å². The Morgan fingerprint density at radius 2 is 1.86 bits per heavy atom. The topological polar surface area (TPSA) is 46.5 Å². The molecule has 2 aromatic carbocycles. The fraction of sp³-hybridized carbons (Fsp3) is 0.188. The van der Waals surface area contributed by atoms with Gasteiger partial charge in [-0.2, -0.15) is 8.78 Å². The molecule has 0 radical (unpaired) electrons. The van der Waals surface area contributed by atoms with Crippen LogP contribution >= 0.6 is 15.9 Å². The molecule has 0 spiro atoms. The first-order valence-corrected chi connectivity index (χ1v) is 7.30. The highest BCUT2D eigenvalue weighted by Crippen LogP contribution is 2.39. The van der Waals surface area contributed by atoms with E-state index in [0.29, 0.717) is 4.47 Å². The molecule has 0 fully saturated rings. The minimum Gasteiger partial charge on any atom is -0.508 e. The second kappa shape index (κ2) is 6.44. The van der Waals surface area contributed by atoms with Crippen molar-refractivity contribution >= 4 is 21.9 Å². The Kier molecular flexibility index (Phi) is 4.81. The third-order valence-corrected chi connectivity index (χ3v) is 3.57. The lowest BCUT2D eigenvalue weighted by atomic mass is 9.95. The van der Waals surface area contributed by atoms with E-state index in [-0.39, 0.29) is 23.5 Å². The smallest absolute Gasteiger partial charge is 0.338 e. The zero-order valence-corrected chi connectivity index (χ0v) is 13.2. The van der Waals surface area contributed by atoms with Crippen LogP contribution in [0.3, 0.4) is 0 Å². The number of ether oxygens (including phenoxy) is 1. The van der Waals surface area contributed by atoms with Crippen molar-refractivity contribution in [2.24, 2.45) is 0 Å². The van der Waals surface area contributed by atoms with Gasteiger partial charge < -0.3 is 9.84 Å². The van der Waals surface area contributed by atoms with Crippen LogP contribution in [0.15, 0.2) is 46.9 Å². The highest BCUT2D eigenvalue weighted by Gasteiger charge is 2.38. The van der Waals surface area contributed by atoms with E-state index in [4.69, 9.17) is 4.74 Å². The first kappa shape index (κ1) is 16.4. The monoisotopic (exact) mass is 370 g/mol. The van der Waals surface area contributed by atoms with Gasteiger partial charge in [-0.15, -0.1) is 0 Å². The first-order chi connectivity index (χ1) is 10.4. The number of esters is 1. The fourth-order valence-corrected chi connectivity index (χ4v) is 2.26. The predicted molar refractivity (Wildman–Crippen MR) is 81.2 cm³/mol. The maximum atomic E-state index is 14.7. The lowest BCUT2D eigenvalue weighted by Gasteiger charge is -2.20. The van der Waals surface area contributed by atoms with Gasteiger partial charge in [-0.25, -0.2) is 4.79 Å². The number of aromatic hydroxyl groups is 1. The number of benzene rings is 2. The molecule has 22 heavy (non-hydrogen) atoms. The number of hydrogen-bond donors (Lipinski definition) is 1. The van der Waals surface area contributed by atoms with Crippen molar-refractivity contribution in [1.29, 1.82) is 0 Å². The molecule has 0 saturated heterocycles. The summed E-state index contributed by atoms with van der Waals surface area (Å²) in [5.74, 6) is -4.64. The van der Waals surface area contributed by atoms with Gasteiger partial charge in [0.15, 0.2) is 0 Å². The second-order valence-corrected chi connectivity index (χ2v) is 5.45. The number of phenolic OH excluding ortho intramolecular Hbond substituents is 1. The van der Waals surface area contributed by atoms with Gasteiger partial charge in [0.2, 0.25) is 0 Å². The van der Waals surface area contributed by atoms with Crippen LogP contribution in [0.25, 0.3) is 0 Å². The Hall–Kier alpha value is -1.95. The molecule has 0 saturated carbocycles. The van der Waals surface area contributed by atoms with E-state index in [9.17, 15) is 18.7 Å². The number of halogens is 3. The van der Waals surface area contributed by atoms with Crippen LogP contribution in [-0.4, -0.2) is 17.7 Å². The summed E-state index contributed by atoms with van der Waals surface area (Å²) in [6.45, 7) is 1.66. The average molecular weight is 371 g/mol. The lowest BCUT2D eigenvalue weighted by molar-refractivity contribution is 0.0356. The SMILES string of the molecule is CCOC(=O)c1ccc(O)cc1C(F)(F)c1ccc(Br)cc1. The molecule has 0 unspecified atom stereocenters. The minimum atomic E-state index is -3.44. The number of rotatable bonds is 4. The second-order valence-electron chi connectivity index (χ2n) is 4.53. The van der Waals surface area contributed by atoms with Crippen molar-refractivity contribution in [3.8, 4) is 5.75 Å². The third kappa shape index (κ3) is 3.27. The Labute approximate surface area is 134 Å². The molecule has 0 aliphatic rings. The predicted octanol–water partition coefficient (Wildman–Crippen LogP) is 4.47. The van der Waals surface area contributed by atoms with E-state index in [1.807, 2.05) is 0 Å². The molecule has 0 aromatic heterocycles. The summed E-state index contributed by atoms with van der Waals surface area (Å²) >= 11 is 3.18. The molecule has 0 amide bonds. The first-order valence-electron chi connectivity index (χ1n) is 6.50. The van der Waals surface area contributed by atoms with Crippen molar-refractivity contribution < 1.29 is 23.4 Å². The summed E-state index contributed by atoms with van der Waals surface area (Å²) in [4.78, 5) is 11.9. The van der Waals surface area contributed by atoms with Crippen LogP contribution < -0.4 is 0 Å². The molecule has 0 aliphatic heterocycles. The van der Waals surface area contributed by atoms with E-state index in [0.717, 1.165) is 12.1 Å². The van der Waals surface area contributed by atoms with E-state index < -0.39 is 17.5 Å². The maximum Gasteiger partial charge on any atom is 0.338 e. The zero-order valence-electron chi connectivity index (χ0n) is 11.6. The largest absolute Gasteiger partial charge is 0.508 e. The maximum absolute atomic E-state index is 14.7. The standard InChI is InChI=1S/C16H13BrF2O3/c1-2-22-15(21)13-8-7-12(20)9-14(13)16(18,19)10-3-5-11(17)6-4-10/h3-9,20H,2H2,1H3. The van der Waals surface area contributed by atoms with Gasteiger partial charge in [0.25, 0.3) is 5.92 Å². The van der Waals surface area contributed by atoms with Gasteiger partial charge in [-0.1, -0.05) is 28.1 Å². The van der Waals surface area contributed by atoms with Crippen LogP contribution in [0.2, 0.25) is 0 Å². The number of alkyl halides is 2. The number of hydrogen-bond acceptors (Lipinski definition) is 3. The van der Waals surface area contributed by atoms with Gasteiger partial charge >= 0.3 is 5.97 Å². The molecule has 0 aliphatic carbocycles. The minimum absolute atomic E-state index is 0.0724. The Morgan fingerprint density at radius 3 is 2.45 bits per heavy atom. The van der Waals surface area contributed by atoms with Gasteiger partial charge in [0.05, 0.1) is 12.2 Å². The Balaban J connectivity index is 2.56. The molecule has 6 heteroatoms.